The number of hydrogen-bond donors (Lipinski definition) is 2. The van der Waals surface area contributed by atoms with Gasteiger partial charge in [-0.05, 0) is 22.3 Å². The smallest absolute Gasteiger partial charge is 0.411 e. The Kier molecular flexibility index (Phi) is 5.50. The van der Waals surface area contributed by atoms with Crippen LogP contribution in [0.1, 0.15) is 27.6 Å². The van der Waals surface area contributed by atoms with E-state index in [0.717, 1.165) is 28.5 Å². The van der Waals surface area contributed by atoms with Crippen molar-refractivity contribution in [1.82, 2.24) is 4.90 Å². The number of rotatable bonds is 5. The van der Waals surface area contributed by atoms with Gasteiger partial charge in [-0.15, -0.1) is 0 Å². The van der Waals surface area contributed by atoms with E-state index in [0.29, 0.717) is 4.90 Å². The number of furan rings is 1. The molecule has 3 aromatic rings. The van der Waals surface area contributed by atoms with Crippen LogP contribution in [0.3, 0.4) is 0 Å². The molecule has 2 aromatic carbocycles. The number of aliphatic carboxylic acids is 1. The van der Waals surface area contributed by atoms with Crippen LogP contribution in [-0.4, -0.2) is 53.6 Å². The van der Waals surface area contributed by atoms with E-state index < -0.39 is 42.9 Å². The van der Waals surface area contributed by atoms with Gasteiger partial charge in [0.25, 0.3) is 11.8 Å². The fourth-order valence-electron chi connectivity index (χ4n) is 4.66. The molecular formula is C25H20F2N2O6. The van der Waals surface area contributed by atoms with Crippen molar-refractivity contribution in [2.45, 2.75) is 11.8 Å². The predicted octanol–water partition coefficient (Wildman–Crippen LogP) is 4.43. The third kappa shape index (κ3) is 4.01. The van der Waals surface area contributed by atoms with Gasteiger partial charge in [0, 0.05) is 18.5 Å². The average molecular weight is 482 g/mol. The number of anilines is 1. The molecule has 1 unspecified atom stereocenters. The molecule has 5 rings (SSSR count). The number of carboxylic acids is 1. The molecule has 1 atom stereocenters. The number of amides is 2. The van der Waals surface area contributed by atoms with Gasteiger partial charge in [-0.1, -0.05) is 48.5 Å². The highest BCUT2D eigenvalue weighted by Gasteiger charge is 2.54. The number of likely N-dealkylation sites (tertiary alicyclic amines) is 1. The summed E-state index contributed by atoms with van der Waals surface area (Å²) in [6.45, 7) is -1.69. The van der Waals surface area contributed by atoms with Gasteiger partial charge in [-0.25, -0.2) is 13.6 Å². The molecule has 2 aliphatic rings. The minimum absolute atomic E-state index is 0.0413. The van der Waals surface area contributed by atoms with E-state index in [9.17, 15) is 23.2 Å². The van der Waals surface area contributed by atoms with E-state index >= 15 is 0 Å². The molecular weight excluding hydrogens is 462 g/mol. The standard InChI is InChI=1S/C25H20F2N2O6/c26-25(27)13-29(11-19(25)23(31)32)22(30)21-20(9-10-34-21)28-24(33)35-12-18-16-7-3-1-5-14(16)15-6-2-4-8-17(15)18/h1-10,18-19H,11-13H2,(H,28,33)(H,31,32). The molecule has 1 aliphatic heterocycles. The third-order valence-corrected chi connectivity index (χ3v) is 6.34. The van der Waals surface area contributed by atoms with E-state index in [1.54, 1.807) is 0 Å². The second kappa shape index (κ2) is 8.53. The highest BCUT2D eigenvalue weighted by Crippen LogP contribution is 2.44. The summed E-state index contributed by atoms with van der Waals surface area (Å²) in [5.41, 5.74) is 4.14. The van der Waals surface area contributed by atoms with Gasteiger partial charge in [0.1, 0.15) is 12.5 Å². The van der Waals surface area contributed by atoms with Crippen LogP contribution in [0, 0.1) is 5.92 Å². The molecule has 35 heavy (non-hydrogen) atoms. The third-order valence-electron chi connectivity index (χ3n) is 6.34. The quantitative estimate of drug-likeness (QED) is 0.557. The van der Waals surface area contributed by atoms with Crippen LogP contribution in [0.2, 0.25) is 0 Å². The molecule has 10 heteroatoms. The van der Waals surface area contributed by atoms with Gasteiger partial charge in [0.2, 0.25) is 5.76 Å². The number of carbonyl (C=O) groups excluding carboxylic acids is 2. The number of nitrogens with one attached hydrogen (secondary N) is 1. The number of halogens is 2. The minimum Gasteiger partial charge on any atom is -0.481 e. The first-order valence-corrected chi connectivity index (χ1v) is 10.9. The first-order valence-electron chi connectivity index (χ1n) is 10.9. The summed E-state index contributed by atoms with van der Waals surface area (Å²) in [5, 5.41) is 11.4. The van der Waals surface area contributed by atoms with Crippen molar-refractivity contribution in [3.8, 4) is 11.1 Å². The topological polar surface area (TPSA) is 109 Å². The van der Waals surface area contributed by atoms with Crippen LogP contribution in [0.5, 0.6) is 0 Å². The average Bonchev–Trinajstić information content (AvgIpc) is 3.51. The first-order chi connectivity index (χ1) is 16.8. The lowest BCUT2D eigenvalue weighted by atomic mass is 9.98. The van der Waals surface area contributed by atoms with Gasteiger partial charge < -0.3 is 19.2 Å². The van der Waals surface area contributed by atoms with Crippen molar-refractivity contribution in [3.05, 3.63) is 77.7 Å². The van der Waals surface area contributed by atoms with E-state index in [1.807, 2.05) is 48.5 Å². The molecule has 0 spiro atoms. The second-order valence-electron chi connectivity index (χ2n) is 8.45. The zero-order valence-electron chi connectivity index (χ0n) is 18.2. The molecule has 2 N–H and O–H groups in total. The maximum atomic E-state index is 14.0. The first kappa shape index (κ1) is 22.6. The zero-order chi connectivity index (χ0) is 24.7. The predicted molar refractivity (Wildman–Crippen MR) is 119 cm³/mol. The molecule has 0 bridgehead atoms. The van der Waals surface area contributed by atoms with E-state index in [2.05, 4.69) is 5.32 Å². The van der Waals surface area contributed by atoms with Gasteiger partial charge in [0.05, 0.1) is 18.5 Å². The normalized spacial score (nSPS) is 18.1. The summed E-state index contributed by atoms with van der Waals surface area (Å²) in [7, 11) is 0. The van der Waals surface area contributed by atoms with Crippen molar-refractivity contribution in [2.24, 2.45) is 5.92 Å². The molecule has 2 amide bonds. The van der Waals surface area contributed by atoms with Gasteiger partial charge in [0.15, 0.2) is 0 Å². The second-order valence-corrected chi connectivity index (χ2v) is 8.45. The molecule has 1 saturated heterocycles. The number of carboxylic acid groups (broad SMARTS) is 1. The number of hydrogen-bond acceptors (Lipinski definition) is 5. The number of nitrogens with zero attached hydrogens (tertiary/aromatic N) is 1. The fourth-order valence-corrected chi connectivity index (χ4v) is 4.66. The van der Waals surface area contributed by atoms with Crippen LogP contribution in [0.25, 0.3) is 11.1 Å². The van der Waals surface area contributed by atoms with Crippen molar-refractivity contribution in [1.29, 1.82) is 0 Å². The van der Waals surface area contributed by atoms with E-state index in [-0.39, 0.29) is 24.0 Å². The van der Waals surface area contributed by atoms with E-state index in [1.165, 1.54) is 6.07 Å². The van der Waals surface area contributed by atoms with Crippen molar-refractivity contribution in [3.63, 3.8) is 0 Å². The molecule has 1 aromatic heterocycles. The van der Waals surface area contributed by atoms with Gasteiger partial charge in [-0.3, -0.25) is 14.9 Å². The summed E-state index contributed by atoms with van der Waals surface area (Å²) in [5.74, 6) is -8.79. The van der Waals surface area contributed by atoms with Crippen LogP contribution < -0.4 is 5.32 Å². The van der Waals surface area contributed by atoms with Gasteiger partial charge >= 0.3 is 12.1 Å². The Morgan fingerprint density at radius 2 is 1.69 bits per heavy atom. The van der Waals surface area contributed by atoms with Crippen LogP contribution in [-0.2, 0) is 9.53 Å². The molecule has 2 heterocycles. The molecule has 0 radical (unpaired) electrons. The van der Waals surface area contributed by atoms with Crippen molar-refractivity contribution in [2.75, 3.05) is 25.0 Å². The van der Waals surface area contributed by atoms with Crippen molar-refractivity contribution >= 4 is 23.7 Å². The molecule has 180 valence electrons. The lowest BCUT2D eigenvalue weighted by Gasteiger charge is -2.16. The highest BCUT2D eigenvalue weighted by molar-refractivity contribution is 6.00. The number of fused-ring (bicyclic) bond motifs is 3. The molecule has 0 saturated carbocycles. The lowest BCUT2D eigenvalue weighted by molar-refractivity contribution is -0.151. The van der Waals surface area contributed by atoms with Crippen molar-refractivity contribution < 1.29 is 37.4 Å². The Bertz CT molecular complexity index is 1280. The number of alkyl halides is 2. The summed E-state index contributed by atoms with van der Waals surface area (Å²) < 4.78 is 38.5. The molecule has 8 nitrogen and oxygen atoms in total. The minimum atomic E-state index is -3.57. The Hall–Kier alpha value is -4.21. The Balaban J connectivity index is 1.26. The fraction of sp³-hybridized carbons (Fsp3) is 0.240. The number of benzene rings is 2. The summed E-state index contributed by atoms with van der Waals surface area (Å²) >= 11 is 0. The van der Waals surface area contributed by atoms with E-state index in [4.69, 9.17) is 14.3 Å². The zero-order valence-corrected chi connectivity index (χ0v) is 18.2. The largest absolute Gasteiger partial charge is 0.481 e. The monoisotopic (exact) mass is 482 g/mol. The van der Waals surface area contributed by atoms with Crippen LogP contribution in [0.15, 0.2) is 65.3 Å². The Morgan fingerprint density at radius 1 is 1.06 bits per heavy atom. The summed E-state index contributed by atoms with van der Waals surface area (Å²) in [4.78, 5) is 37.1. The highest BCUT2D eigenvalue weighted by atomic mass is 19.3. The van der Waals surface area contributed by atoms with Gasteiger partial charge in [-0.2, -0.15) is 0 Å². The molecule has 1 fully saturated rings. The molecule has 1 aliphatic carbocycles. The number of ether oxygens (including phenoxy) is 1. The summed E-state index contributed by atoms with van der Waals surface area (Å²) in [6, 6.07) is 17.0. The lowest BCUT2D eigenvalue weighted by Crippen LogP contribution is -2.33. The SMILES string of the molecule is O=C(Nc1ccoc1C(=O)N1CC(C(=O)O)C(F)(F)C1)OCC1c2ccccc2-c2ccccc21. The maximum absolute atomic E-state index is 14.0. The Labute approximate surface area is 198 Å². The van der Waals surface area contributed by atoms with Crippen LogP contribution >= 0.6 is 0 Å². The summed E-state index contributed by atoms with van der Waals surface area (Å²) in [6.07, 6.45) is 0.271. The number of carbonyl (C=O) groups is 3. The Morgan fingerprint density at radius 3 is 2.29 bits per heavy atom. The van der Waals surface area contributed by atoms with Crippen LogP contribution in [0.4, 0.5) is 19.3 Å². The maximum Gasteiger partial charge on any atom is 0.411 e.